The molecular weight excluding hydrogens is 345 g/mol. The standard InChI is InChI=1S/C20H16FN5O/c1-13-7-17(14(2)26(13)10-15-3-5-16(21)6-4-15)20(27)11-25-12-24-18(8-22)19(25)9-23/h3-7,12H,10-11H2,1-2H3. The first-order valence-electron chi connectivity index (χ1n) is 8.24. The van der Waals surface area contributed by atoms with Crippen LogP contribution in [0.15, 0.2) is 36.7 Å². The summed E-state index contributed by atoms with van der Waals surface area (Å²) in [5, 5.41) is 18.2. The van der Waals surface area contributed by atoms with Crippen LogP contribution in [-0.2, 0) is 13.1 Å². The normalized spacial score (nSPS) is 10.4. The highest BCUT2D eigenvalue weighted by atomic mass is 19.1. The Kier molecular flexibility index (Phi) is 4.87. The van der Waals surface area contributed by atoms with Gasteiger partial charge in [0.05, 0.1) is 12.9 Å². The number of ketones is 1. The van der Waals surface area contributed by atoms with Crippen molar-refractivity contribution in [2.75, 3.05) is 0 Å². The number of rotatable bonds is 5. The lowest BCUT2D eigenvalue weighted by molar-refractivity contribution is 0.0971. The number of halogens is 1. The second-order valence-electron chi connectivity index (χ2n) is 6.21. The van der Waals surface area contributed by atoms with E-state index in [-0.39, 0.29) is 29.5 Å². The van der Waals surface area contributed by atoms with Crippen LogP contribution in [0.4, 0.5) is 4.39 Å². The first kappa shape index (κ1) is 18.1. The van der Waals surface area contributed by atoms with Crippen molar-refractivity contribution in [1.29, 1.82) is 10.5 Å². The van der Waals surface area contributed by atoms with Gasteiger partial charge in [0.1, 0.15) is 18.0 Å². The molecule has 0 aliphatic rings. The number of hydrogen-bond donors (Lipinski definition) is 0. The monoisotopic (exact) mass is 361 g/mol. The molecule has 2 aromatic heterocycles. The average molecular weight is 361 g/mol. The summed E-state index contributed by atoms with van der Waals surface area (Å²) in [5.41, 5.74) is 3.26. The number of nitrogens with zero attached hydrogens (tertiary/aromatic N) is 5. The zero-order valence-electron chi connectivity index (χ0n) is 14.9. The van der Waals surface area contributed by atoms with Gasteiger partial charge in [0.25, 0.3) is 0 Å². The lowest BCUT2D eigenvalue weighted by Gasteiger charge is -2.10. The fourth-order valence-corrected chi connectivity index (χ4v) is 3.04. The third kappa shape index (κ3) is 3.49. The fraction of sp³-hybridized carbons (Fsp3) is 0.200. The van der Waals surface area contributed by atoms with E-state index in [2.05, 4.69) is 4.98 Å². The van der Waals surface area contributed by atoms with E-state index in [0.29, 0.717) is 12.1 Å². The van der Waals surface area contributed by atoms with Gasteiger partial charge in [-0.1, -0.05) is 12.1 Å². The molecule has 0 N–H and O–H groups in total. The topological polar surface area (TPSA) is 87.4 Å². The summed E-state index contributed by atoms with van der Waals surface area (Å²) in [6.07, 6.45) is 1.33. The van der Waals surface area contributed by atoms with Crippen molar-refractivity contribution in [2.24, 2.45) is 0 Å². The van der Waals surface area contributed by atoms with Crippen molar-refractivity contribution in [3.05, 3.63) is 76.4 Å². The number of Topliss-reactive ketones (excluding diaryl/α,β-unsaturated/α-hetero) is 1. The van der Waals surface area contributed by atoms with Gasteiger partial charge in [-0.25, -0.2) is 9.37 Å². The van der Waals surface area contributed by atoms with Crippen molar-refractivity contribution in [3.8, 4) is 12.1 Å². The first-order valence-corrected chi connectivity index (χ1v) is 8.24. The molecule has 0 spiro atoms. The van der Waals surface area contributed by atoms with Gasteiger partial charge < -0.3 is 9.13 Å². The molecule has 7 heteroatoms. The third-order valence-corrected chi connectivity index (χ3v) is 4.49. The van der Waals surface area contributed by atoms with Crippen molar-refractivity contribution in [1.82, 2.24) is 14.1 Å². The Morgan fingerprint density at radius 1 is 1.19 bits per heavy atom. The molecule has 0 saturated heterocycles. The maximum absolute atomic E-state index is 13.1. The van der Waals surface area contributed by atoms with Crippen molar-refractivity contribution >= 4 is 5.78 Å². The predicted molar refractivity (Wildman–Crippen MR) is 95.4 cm³/mol. The lowest BCUT2D eigenvalue weighted by atomic mass is 10.1. The average Bonchev–Trinajstić information content (AvgIpc) is 3.18. The quantitative estimate of drug-likeness (QED) is 0.653. The van der Waals surface area contributed by atoms with E-state index >= 15 is 0 Å². The van der Waals surface area contributed by atoms with Gasteiger partial charge in [-0.3, -0.25) is 4.79 Å². The molecule has 0 atom stereocenters. The Bertz CT molecular complexity index is 1090. The molecule has 3 aromatic rings. The van der Waals surface area contributed by atoms with Gasteiger partial charge in [-0.15, -0.1) is 0 Å². The smallest absolute Gasteiger partial charge is 0.184 e. The molecule has 134 valence electrons. The van der Waals surface area contributed by atoms with Gasteiger partial charge in [0.2, 0.25) is 0 Å². The number of hydrogen-bond acceptors (Lipinski definition) is 4. The number of imidazole rings is 1. The summed E-state index contributed by atoms with van der Waals surface area (Å²) in [7, 11) is 0. The van der Waals surface area contributed by atoms with Crippen LogP contribution in [-0.4, -0.2) is 19.9 Å². The summed E-state index contributed by atoms with van der Waals surface area (Å²) in [5.74, 6) is -0.465. The van der Waals surface area contributed by atoms with Gasteiger partial charge in [-0.05, 0) is 37.6 Å². The van der Waals surface area contributed by atoms with Gasteiger partial charge in [0, 0.05) is 23.5 Å². The minimum Gasteiger partial charge on any atom is -0.344 e. The molecular formula is C20H16FN5O. The number of carbonyl (C=O) groups excluding carboxylic acids is 1. The molecule has 0 saturated carbocycles. The van der Waals surface area contributed by atoms with Gasteiger partial charge >= 0.3 is 0 Å². The summed E-state index contributed by atoms with van der Waals surface area (Å²) >= 11 is 0. The van der Waals surface area contributed by atoms with Crippen LogP contribution in [0, 0.1) is 42.3 Å². The second kappa shape index (κ2) is 7.27. The fourth-order valence-electron chi connectivity index (χ4n) is 3.04. The molecule has 0 radical (unpaired) electrons. The van der Waals surface area contributed by atoms with E-state index in [0.717, 1.165) is 17.0 Å². The maximum atomic E-state index is 13.1. The predicted octanol–water partition coefficient (Wildman–Crippen LogP) is 3.12. The van der Waals surface area contributed by atoms with Crippen LogP contribution >= 0.6 is 0 Å². The first-order chi connectivity index (χ1) is 12.9. The number of carbonyl (C=O) groups is 1. The molecule has 6 nitrogen and oxygen atoms in total. The Labute approximate surface area is 155 Å². The molecule has 27 heavy (non-hydrogen) atoms. The molecule has 0 aliphatic carbocycles. The molecule has 0 fully saturated rings. The second-order valence-corrected chi connectivity index (χ2v) is 6.21. The van der Waals surface area contributed by atoms with Crippen LogP contribution in [0.2, 0.25) is 0 Å². The van der Waals surface area contributed by atoms with Crippen LogP contribution in [0.3, 0.4) is 0 Å². The van der Waals surface area contributed by atoms with Crippen LogP contribution in [0.1, 0.15) is 38.7 Å². The van der Waals surface area contributed by atoms with Crippen LogP contribution in [0.5, 0.6) is 0 Å². The SMILES string of the molecule is Cc1cc(C(=O)Cn2cnc(C#N)c2C#N)c(C)n1Cc1ccc(F)cc1. The highest BCUT2D eigenvalue weighted by molar-refractivity contribution is 5.97. The summed E-state index contributed by atoms with van der Waals surface area (Å²) in [4.78, 5) is 16.6. The minimum atomic E-state index is -0.291. The van der Waals surface area contributed by atoms with Crippen molar-refractivity contribution in [3.63, 3.8) is 0 Å². The van der Waals surface area contributed by atoms with Crippen molar-refractivity contribution < 1.29 is 9.18 Å². The summed E-state index contributed by atoms with van der Waals surface area (Å²) in [6, 6.07) is 11.8. The lowest BCUT2D eigenvalue weighted by Crippen LogP contribution is -2.13. The summed E-state index contributed by atoms with van der Waals surface area (Å²) in [6.45, 7) is 4.21. The zero-order valence-corrected chi connectivity index (χ0v) is 14.9. The molecule has 2 heterocycles. The maximum Gasteiger partial charge on any atom is 0.184 e. The number of aromatic nitrogens is 3. The number of aryl methyl sites for hydroxylation is 1. The zero-order chi connectivity index (χ0) is 19.6. The van der Waals surface area contributed by atoms with E-state index < -0.39 is 0 Å². The summed E-state index contributed by atoms with van der Waals surface area (Å²) < 4.78 is 16.5. The molecule has 1 aromatic carbocycles. The molecule has 0 unspecified atom stereocenters. The van der Waals surface area contributed by atoms with E-state index in [4.69, 9.17) is 5.26 Å². The largest absolute Gasteiger partial charge is 0.344 e. The van der Waals surface area contributed by atoms with Crippen LogP contribution in [0.25, 0.3) is 0 Å². The van der Waals surface area contributed by atoms with Crippen LogP contribution < -0.4 is 0 Å². The molecule has 0 aliphatic heterocycles. The van der Waals surface area contributed by atoms with E-state index in [1.54, 1.807) is 18.2 Å². The number of benzene rings is 1. The Morgan fingerprint density at radius 2 is 1.89 bits per heavy atom. The van der Waals surface area contributed by atoms with Crippen molar-refractivity contribution in [2.45, 2.75) is 26.9 Å². The van der Waals surface area contributed by atoms with E-state index in [9.17, 15) is 14.4 Å². The van der Waals surface area contributed by atoms with Gasteiger partial charge in [0.15, 0.2) is 17.2 Å². The Balaban J connectivity index is 1.87. The Hall–Kier alpha value is -3.71. The molecule has 0 amide bonds. The molecule has 0 bridgehead atoms. The highest BCUT2D eigenvalue weighted by Gasteiger charge is 2.19. The van der Waals surface area contributed by atoms with E-state index in [1.807, 2.05) is 30.6 Å². The Morgan fingerprint density at radius 3 is 2.52 bits per heavy atom. The third-order valence-electron chi connectivity index (χ3n) is 4.49. The molecule has 3 rings (SSSR count). The van der Waals surface area contributed by atoms with E-state index in [1.165, 1.54) is 23.0 Å². The number of nitriles is 2. The highest BCUT2D eigenvalue weighted by Crippen LogP contribution is 2.19. The minimum absolute atomic E-state index is 0.00656. The van der Waals surface area contributed by atoms with Gasteiger partial charge in [-0.2, -0.15) is 10.5 Å².